The third kappa shape index (κ3) is 5.82. The molecule has 1 aromatic heterocycles. The van der Waals surface area contributed by atoms with E-state index in [1.807, 2.05) is 0 Å². The maximum absolute atomic E-state index is 11.6. The van der Waals surface area contributed by atoms with Gasteiger partial charge in [0, 0.05) is 24.1 Å². The van der Waals surface area contributed by atoms with Gasteiger partial charge in [-0.2, -0.15) is 0 Å². The second kappa shape index (κ2) is 13.1. The Hall–Kier alpha value is -5.75. The van der Waals surface area contributed by atoms with E-state index in [0.717, 1.165) is 24.3 Å². The molecule has 12 N–H and O–H groups in total. The van der Waals surface area contributed by atoms with Crippen LogP contribution in [0.3, 0.4) is 0 Å². The van der Waals surface area contributed by atoms with E-state index in [4.69, 9.17) is 18.6 Å². The molecule has 0 amide bonds. The maximum Gasteiger partial charge on any atom is 0.402 e. The van der Waals surface area contributed by atoms with Gasteiger partial charge in [-0.25, -0.2) is 4.42 Å². The van der Waals surface area contributed by atoms with E-state index in [-0.39, 0.29) is 62.5 Å². The Morgan fingerprint density at radius 1 is 0.692 bits per heavy atom. The van der Waals surface area contributed by atoms with Crippen molar-refractivity contribution >= 4 is 11.0 Å². The molecule has 4 aromatic carbocycles. The Balaban J connectivity index is 1.55. The van der Waals surface area contributed by atoms with Gasteiger partial charge in [-0.15, -0.1) is 0 Å². The van der Waals surface area contributed by atoms with Gasteiger partial charge < -0.3 is 75.5 Å². The molecular weight excluding hydrogens is 688 g/mol. The van der Waals surface area contributed by atoms with Crippen molar-refractivity contribution in [3.05, 3.63) is 71.8 Å². The number of aliphatic hydroxyl groups is 5. The van der Waals surface area contributed by atoms with Crippen LogP contribution < -0.4 is 9.47 Å². The van der Waals surface area contributed by atoms with Gasteiger partial charge in [0.05, 0.1) is 35.5 Å². The standard InChI is InChI=1S/C36H32O16/c37-12-25-29(46)30(47)31(48)36(50-25)52-35-28(26-21(43)8-16(39)9-24(26)49-33(35)13-1-4-15(38)5-2-13)27-22(44)11-19(41)17-10-23(45)32(51-34(17)27)14-3-6-18(40)20(42)7-14/h1-9,11,23,25,29-32,36-37,45-48H,10,12H2,(H6-,38,39,40,41,42,43,44)/p+1/t23?,25-,29-,30+,31-,32?,36+/m1/s1. The van der Waals surface area contributed by atoms with Crippen molar-refractivity contribution in [1.29, 1.82) is 0 Å². The third-order valence-electron chi connectivity index (χ3n) is 9.10. The largest absolute Gasteiger partial charge is 0.508 e. The second-order valence-electron chi connectivity index (χ2n) is 12.5. The molecule has 7 rings (SSSR count). The summed E-state index contributed by atoms with van der Waals surface area (Å²) in [7, 11) is 0. The van der Waals surface area contributed by atoms with Gasteiger partial charge in [0.15, 0.2) is 11.5 Å². The Labute approximate surface area is 292 Å². The lowest BCUT2D eigenvalue weighted by Gasteiger charge is -2.39. The number of aliphatic hydroxyl groups excluding tert-OH is 5. The molecule has 0 aliphatic carbocycles. The van der Waals surface area contributed by atoms with E-state index < -0.39 is 89.8 Å². The molecule has 16 heteroatoms. The van der Waals surface area contributed by atoms with E-state index in [2.05, 4.69) is 0 Å². The summed E-state index contributed by atoms with van der Waals surface area (Å²) in [6.07, 6.45) is -11.8. The SMILES string of the molecule is OC[C@H]1O[C@@H](Oc2c(-c3ccc(O)cc3)[o+]c3cc(O)cc(O)c3c2-c2c(O)cc(O)c3c2OC(c2ccc(O)c(O)c2)C(O)C3)[C@H](O)[C@@H](O)[C@@H]1O. The Kier molecular flexibility index (Phi) is 8.74. The summed E-state index contributed by atoms with van der Waals surface area (Å²) in [4.78, 5) is 0. The van der Waals surface area contributed by atoms with E-state index >= 15 is 0 Å². The zero-order valence-corrected chi connectivity index (χ0v) is 26.7. The van der Waals surface area contributed by atoms with E-state index in [1.165, 1.54) is 36.4 Å². The number of phenolic OH excluding ortho intramolecular Hbond substituents is 7. The first-order valence-corrected chi connectivity index (χ1v) is 15.8. The van der Waals surface area contributed by atoms with Crippen LogP contribution in [0.2, 0.25) is 0 Å². The highest BCUT2D eigenvalue weighted by molar-refractivity contribution is 6.06. The molecule has 16 nitrogen and oxygen atoms in total. The topological polar surface area (TPSA) is 282 Å². The summed E-state index contributed by atoms with van der Waals surface area (Å²) < 4.78 is 24.3. The molecule has 2 aliphatic rings. The van der Waals surface area contributed by atoms with Gasteiger partial charge >= 0.3 is 11.3 Å². The highest BCUT2D eigenvalue weighted by Gasteiger charge is 2.47. The van der Waals surface area contributed by atoms with Gasteiger partial charge in [-0.1, -0.05) is 6.07 Å². The average Bonchev–Trinajstić information content (AvgIpc) is 3.10. The lowest BCUT2D eigenvalue weighted by Crippen LogP contribution is -2.60. The highest BCUT2D eigenvalue weighted by atomic mass is 16.7. The fourth-order valence-corrected chi connectivity index (χ4v) is 6.51. The first-order valence-electron chi connectivity index (χ1n) is 15.8. The number of fused-ring (bicyclic) bond motifs is 2. The summed E-state index contributed by atoms with van der Waals surface area (Å²) in [5.41, 5.74) is -0.384. The summed E-state index contributed by atoms with van der Waals surface area (Å²) >= 11 is 0. The zero-order valence-electron chi connectivity index (χ0n) is 26.7. The molecule has 1 saturated heterocycles. The molecule has 272 valence electrons. The quantitative estimate of drug-likeness (QED) is 0.0884. The van der Waals surface area contributed by atoms with Gasteiger partial charge in [0.1, 0.15) is 70.4 Å². The first kappa shape index (κ1) is 34.7. The van der Waals surface area contributed by atoms with Crippen LogP contribution in [-0.4, -0.2) is 105 Å². The maximum atomic E-state index is 11.6. The fourth-order valence-electron chi connectivity index (χ4n) is 6.51. The predicted octanol–water partition coefficient (Wildman–Crippen LogP) is 2.20. The fraction of sp³-hybridized carbons (Fsp3) is 0.250. The second-order valence-corrected chi connectivity index (χ2v) is 12.5. The first-order chi connectivity index (χ1) is 24.8. The normalized spacial score (nSPS) is 24.3. The minimum absolute atomic E-state index is 0.0169. The molecule has 5 aromatic rings. The van der Waals surface area contributed by atoms with E-state index in [1.54, 1.807) is 0 Å². The number of hydrogen-bond acceptors (Lipinski definition) is 15. The van der Waals surface area contributed by atoms with Crippen molar-refractivity contribution < 1.29 is 79.9 Å². The molecule has 3 heterocycles. The van der Waals surface area contributed by atoms with Crippen LogP contribution in [0.1, 0.15) is 17.2 Å². The minimum Gasteiger partial charge on any atom is -0.508 e. The molecule has 0 radical (unpaired) electrons. The van der Waals surface area contributed by atoms with Gasteiger partial charge in [-0.3, -0.25) is 0 Å². The van der Waals surface area contributed by atoms with E-state index in [9.17, 15) is 61.3 Å². The predicted molar refractivity (Wildman–Crippen MR) is 177 cm³/mol. The number of benzene rings is 4. The molecule has 0 bridgehead atoms. The zero-order chi connectivity index (χ0) is 37.2. The lowest BCUT2D eigenvalue weighted by molar-refractivity contribution is -0.277. The number of ether oxygens (including phenoxy) is 3. The Bertz CT molecular complexity index is 2170. The van der Waals surface area contributed by atoms with Gasteiger partial charge in [-0.05, 0) is 42.0 Å². The van der Waals surface area contributed by atoms with Crippen LogP contribution >= 0.6 is 0 Å². The van der Waals surface area contributed by atoms with Crippen LogP contribution in [0.5, 0.6) is 51.7 Å². The van der Waals surface area contributed by atoms with Crippen molar-refractivity contribution in [1.82, 2.24) is 0 Å². The third-order valence-corrected chi connectivity index (χ3v) is 9.10. The Morgan fingerprint density at radius 2 is 1.42 bits per heavy atom. The molecule has 0 spiro atoms. The van der Waals surface area contributed by atoms with Crippen LogP contribution in [0, 0.1) is 0 Å². The smallest absolute Gasteiger partial charge is 0.402 e. The number of phenols is 7. The Morgan fingerprint density at radius 3 is 2.12 bits per heavy atom. The summed E-state index contributed by atoms with van der Waals surface area (Å²) in [6.45, 7) is -0.804. The lowest BCUT2D eigenvalue weighted by atomic mass is 9.88. The average molecular weight is 722 g/mol. The van der Waals surface area contributed by atoms with Crippen LogP contribution in [0.15, 0.2) is 65.1 Å². The minimum atomic E-state index is -1.96. The number of aromatic hydroxyl groups is 7. The van der Waals surface area contributed by atoms with Crippen molar-refractivity contribution in [2.24, 2.45) is 0 Å². The molecule has 2 unspecified atom stereocenters. The molecule has 0 saturated carbocycles. The van der Waals surface area contributed by atoms with Crippen molar-refractivity contribution in [3.63, 3.8) is 0 Å². The highest BCUT2D eigenvalue weighted by Crippen LogP contribution is 2.57. The molecule has 52 heavy (non-hydrogen) atoms. The van der Waals surface area contributed by atoms with Gasteiger partial charge in [0.2, 0.25) is 12.0 Å². The van der Waals surface area contributed by atoms with Crippen molar-refractivity contribution in [3.8, 4) is 74.2 Å². The number of hydrogen-bond donors (Lipinski definition) is 12. The van der Waals surface area contributed by atoms with Crippen LogP contribution in [0.25, 0.3) is 33.4 Å². The monoisotopic (exact) mass is 721 g/mol. The summed E-state index contributed by atoms with van der Waals surface area (Å²) in [5, 5.41) is 127. The molecule has 7 atom stereocenters. The summed E-state index contributed by atoms with van der Waals surface area (Å²) in [5.74, 6) is -4.23. The van der Waals surface area contributed by atoms with Gasteiger partial charge in [0.25, 0.3) is 0 Å². The van der Waals surface area contributed by atoms with Crippen molar-refractivity contribution in [2.75, 3.05) is 6.61 Å². The van der Waals surface area contributed by atoms with Crippen molar-refractivity contribution in [2.45, 2.75) is 49.3 Å². The number of rotatable bonds is 6. The van der Waals surface area contributed by atoms with Crippen LogP contribution in [0.4, 0.5) is 0 Å². The summed E-state index contributed by atoms with van der Waals surface area (Å²) in [6, 6.07) is 12.1. The molecule has 2 aliphatic heterocycles. The molecule has 1 fully saturated rings. The van der Waals surface area contributed by atoms with Crippen LogP contribution in [-0.2, 0) is 11.2 Å². The molecular formula is C36H33O16+. The van der Waals surface area contributed by atoms with E-state index in [0.29, 0.717) is 0 Å².